The molecule has 0 bridgehead atoms. The summed E-state index contributed by atoms with van der Waals surface area (Å²) in [6.45, 7) is -0.485. The first kappa shape index (κ1) is 26.4. The second kappa shape index (κ2) is 10.2. The number of benzene rings is 2. The van der Waals surface area contributed by atoms with Gasteiger partial charge in [0.05, 0.1) is 12.6 Å². The zero-order chi connectivity index (χ0) is 25.3. The van der Waals surface area contributed by atoms with Gasteiger partial charge in [-0.1, -0.05) is 17.7 Å². The first-order valence-electron chi connectivity index (χ1n) is 10.0. The van der Waals surface area contributed by atoms with Crippen LogP contribution in [0.4, 0.5) is 0 Å². The number of halogens is 1. The zero-order valence-electron chi connectivity index (χ0n) is 17.8. The van der Waals surface area contributed by atoms with E-state index in [4.69, 9.17) is 31.7 Å². The number of aliphatic hydroxyl groups excluding tert-OH is 1. The highest BCUT2D eigenvalue weighted by molar-refractivity contribution is 6.31. The van der Waals surface area contributed by atoms with Crippen LogP contribution in [0, 0.1) is 0 Å². The zero-order valence-corrected chi connectivity index (χ0v) is 18.5. The minimum absolute atomic E-state index is 0.0448. The maximum Gasteiger partial charge on any atom is 0.453 e. The van der Waals surface area contributed by atoms with Crippen molar-refractivity contribution in [1.29, 1.82) is 0 Å². The van der Waals surface area contributed by atoms with Crippen LogP contribution in [0.1, 0.15) is 22.8 Å². The fourth-order valence-corrected chi connectivity index (χ4v) is 4.06. The highest BCUT2D eigenvalue weighted by atomic mass is 35.5. The Kier molecular flexibility index (Phi) is 7.92. The minimum atomic E-state index is -3.41. The van der Waals surface area contributed by atoms with Gasteiger partial charge in [0.2, 0.25) is 5.79 Å². The summed E-state index contributed by atoms with van der Waals surface area (Å²) < 4.78 is 10.3. The molecule has 2 aromatic rings. The first-order valence-corrected chi connectivity index (χ1v) is 10.4. The molecule has 12 nitrogen and oxygen atoms in total. The van der Waals surface area contributed by atoms with Crippen molar-refractivity contribution < 1.29 is 50.1 Å². The molecule has 2 aromatic carbocycles. The topological polar surface area (TPSA) is 201 Å². The van der Waals surface area contributed by atoms with E-state index in [1.807, 2.05) is 5.48 Å². The Hall–Kier alpha value is -2.20. The van der Waals surface area contributed by atoms with E-state index in [-0.39, 0.29) is 27.5 Å². The van der Waals surface area contributed by atoms with Gasteiger partial charge in [-0.2, -0.15) is 5.48 Å². The third-order valence-corrected chi connectivity index (χ3v) is 5.77. The number of carbonyl (C=O) groups excluding carboxylic acids is 1. The molecular weight excluding hydrogens is 476 g/mol. The molecular formula is C21H25ClN2O10. The van der Waals surface area contributed by atoms with Gasteiger partial charge in [0, 0.05) is 16.1 Å². The molecule has 0 aromatic heterocycles. The molecule has 1 fully saturated rings. The molecule has 186 valence electrons. The number of Topliss-reactive ketones (excluding diaryl/α,β-unsaturated/α-hetero) is 1. The molecule has 4 unspecified atom stereocenters. The Balaban J connectivity index is 1.97. The van der Waals surface area contributed by atoms with Crippen molar-refractivity contribution in [2.75, 3.05) is 13.7 Å². The molecule has 0 amide bonds. The molecule has 13 heteroatoms. The van der Waals surface area contributed by atoms with E-state index in [0.717, 1.165) is 12.1 Å². The summed E-state index contributed by atoms with van der Waals surface area (Å²) >= 11 is 6.22. The second-order valence-electron chi connectivity index (χ2n) is 7.66. The van der Waals surface area contributed by atoms with Gasteiger partial charge in [-0.15, -0.1) is 0 Å². The molecule has 34 heavy (non-hydrogen) atoms. The molecule has 1 aliphatic heterocycles. The van der Waals surface area contributed by atoms with Gasteiger partial charge in [0.15, 0.2) is 5.78 Å². The number of ether oxygens (including phenoxy) is 2. The van der Waals surface area contributed by atoms with Gasteiger partial charge in [-0.3, -0.25) is 4.79 Å². The van der Waals surface area contributed by atoms with Crippen molar-refractivity contribution in [1.82, 2.24) is 10.8 Å². The van der Waals surface area contributed by atoms with Crippen LogP contribution in [0.15, 0.2) is 42.5 Å². The largest absolute Gasteiger partial charge is 0.453 e. The maximum atomic E-state index is 12.8. The van der Waals surface area contributed by atoms with Crippen molar-refractivity contribution in [3.63, 3.8) is 0 Å². The van der Waals surface area contributed by atoms with Gasteiger partial charge >= 0.3 is 6.16 Å². The van der Waals surface area contributed by atoms with E-state index in [2.05, 4.69) is 10.1 Å². The summed E-state index contributed by atoms with van der Waals surface area (Å²) in [4.78, 5) is 12.8. The van der Waals surface area contributed by atoms with Crippen LogP contribution in [0.5, 0.6) is 5.75 Å². The number of nitrogens with one attached hydrogen (secondary N) is 2. The fourth-order valence-electron chi connectivity index (χ4n) is 3.81. The third kappa shape index (κ3) is 5.38. The lowest BCUT2D eigenvalue weighted by Gasteiger charge is -2.39. The summed E-state index contributed by atoms with van der Waals surface area (Å²) in [5.74, 6) is -3.32. The lowest BCUT2D eigenvalue weighted by molar-refractivity contribution is -0.419. The van der Waals surface area contributed by atoms with Gasteiger partial charge in [0.25, 0.3) is 0 Å². The molecule has 0 radical (unpaired) electrons. The normalized spacial score (nSPS) is 23.7. The quantitative estimate of drug-likeness (QED) is 0.149. The van der Waals surface area contributed by atoms with E-state index in [0.29, 0.717) is 0 Å². The predicted octanol–water partition coefficient (Wildman–Crippen LogP) is -1.57. The highest BCUT2D eigenvalue weighted by Crippen LogP contribution is 2.37. The number of aliphatic hydroxyl groups is 6. The maximum absolute atomic E-state index is 12.8. The SMILES string of the molecule is CNC1C(=O)C(NO)C(c2ccc(Cl)c(C(O)(O)c3ccc(OC(O)(O)O)cc3)c2)OC1CO. The lowest BCUT2D eigenvalue weighted by atomic mass is 9.87. The number of carbonyl (C=O) groups is 1. The number of hydrogen-bond acceptors (Lipinski definition) is 12. The number of rotatable bonds is 8. The Morgan fingerprint density at radius 2 is 1.71 bits per heavy atom. The van der Waals surface area contributed by atoms with Crippen molar-refractivity contribution in [3.8, 4) is 5.75 Å². The number of likely N-dealkylation sites (N-methyl/N-ethyl adjacent to an activating group) is 1. The van der Waals surface area contributed by atoms with E-state index in [1.54, 1.807) is 0 Å². The van der Waals surface area contributed by atoms with Crippen LogP contribution in [-0.4, -0.2) is 79.6 Å². The molecule has 1 aliphatic rings. The van der Waals surface area contributed by atoms with Crippen LogP contribution in [0.25, 0.3) is 0 Å². The van der Waals surface area contributed by atoms with Gasteiger partial charge in [0.1, 0.15) is 24.0 Å². The summed E-state index contributed by atoms with van der Waals surface area (Å²) in [6, 6.07) is 6.64. The molecule has 9 N–H and O–H groups in total. The molecule has 0 aliphatic carbocycles. The van der Waals surface area contributed by atoms with Crippen LogP contribution >= 0.6 is 11.6 Å². The summed E-state index contributed by atoms with van der Waals surface area (Å²) in [5.41, 5.74) is 1.88. The monoisotopic (exact) mass is 500 g/mol. The minimum Gasteiger partial charge on any atom is -0.417 e. The molecule has 1 heterocycles. The lowest BCUT2D eigenvalue weighted by Crippen LogP contribution is -2.61. The van der Waals surface area contributed by atoms with Gasteiger partial charge < -0.3 is 50.6 Å². The summed E-state index contributed by atoms with van der Waals surface area (Å²) in [5, 5.41) is 70.4. The van der Waals surface area contributed by atoms with Crippen LogP contribution in [-0.2, 0) is 15.3 Å². The molecule has 4 atom stereocenters. The van der Waals surface area contributed by atoms with Crippen molar-refractivity contribution in [2.24, 2.45) is 0 Å². The number of ketones is 1. The third-order valence-electron chi connectivity index (χ3n) is 5.45. The molecule has 0 spiro atoms. The second-order valence-corrected chi connectivity index (χ2v) is 8.07. The Labute approximate surface area is 198 Å². The number of hydrogen-bond donors (Lipinski definition) is 9. The van der Waals surface area contributed by atoms with Crippen LogP contribution in [0.3, 0.4) is 0 Å². The van der Waals surface area contributed by atoms with E-state index >= 15 is 0 Å². The predicted molar refractivity (Wildman–Crippen MR) is 114 cm³/mol. The van der Waals surface area contributed by atoms with E-state index < -0.39 is 48.6 Å². The van der Waals surface area contributed by atoms with Crippen molar-refractivity contribution in [2.45, 2.75) is 36.2 Å². The molecule has 3 rings (SSSR count). The Morgan fingerprint density at radius 3 is 2.24 bits per heavy atom. The van der Waals surface area contributed by atoms with E-state index in [9.17, 15) is 25.3 Å². The smallest absolute Gasteiger partial charge is 0.417 e. The molecule has 0 saturated carbocycles. The van der Waals surface area contributed by atoms with E-state index in [1.165, 1.54) is 37.4 Å². The van der Waals surface area contributed by atoms with Crippen molar-refractivity contribution in [3.05, 3.63) is 64.2 Å². The Morgan fingerprint density at radius 1 is 1.06 bits per heavy atom. The van der Waals surface area contributed by atoms with Crippen LogP contribution < -0.4 is 15.5 Å². The van der Waals surface area contributed by atoms with Gasteiger partial charge in [-0.25, -0.2) is 0 Å². The standard InChI is InChI=1S/C21H25ClN2O10/c1-23-16-15(9-25)33-19(17(24-32)18(16)26)10-2-7-14(22)13(8-10)20(27,28)11-3-5-12(6-4-11)34-21(29,30)31/h2-8,15-17,19,23-25,27-32H,9H2,1H3. The first-order chi connectivity index (χ1) is 15.9. The number of hydroxylamine groups is 1. The summed E-state index contributed by atoms with van der Waals surface area (Å²) in [7, 11) is 1.51. The average Bonchev–Trinajstić information content (AvgIpc) is 2.78. The molecule has 1 saturated heterocycles. The van der Waals surface area contributed by atoms with Crippen molar-refractivity contribution >= 4 is 17.4 Å². The van der Waals surface area contributed by atoms with Crippen LogP contribution in [0.2, 0.25) is 5.02 Å². The average molecular weight is 501 g/mol. The fraction of sp³-hybridized carbons (Fsp3) is 0.381. The van der Waals surface area contributed by atoms with Gasteiger partial charge in [-0.05, 0) is 49.0 Å². The summed E-state index contributed by atoms with van der Waals surface area (Å²) in [6.07, 6.45) is -5.45. The highest BCUT2D eigenvalue weighted by Gasteiger charge is 2.45. The Bertz CT molecular complexity index is 1010.